The molecular weight excluding hydrogens is 655 g/mol. The molecule has 0 aliphatic rings. The van der Waals surface area contributed by atoms with Crippen LogP contribution in [0.2, 0.25) is 0 Å². The van der Waals surface area contributed by atoms with Crippen molar-refractivity contribution < 1.29 is 4.79 Å². The first-order valence-corrected chi connectivity index (χ1v) is 22.0. The average Bonchev–Trinajstić information content (AvgIpc) is 3.19. The largest absolute Gasteiger partial charge is 0.307 e. The van der Waals surface area contributed by atoms with E-state index in [4.69, 9.17) is 9.79 Å². The summed E-state index contributed by atoms with van der Waals surface area (Å²) in [6, 6.07) is 9.62. The van der Waals surface area contributed by atoms with E-state index in [9.17, 15) is 0 Å². The van der Waals surface area contributed by atoms with Crippen LogP contribution in [-0.2, 0) is 24.1 Å². The molecule has 54 heavy (non-hydrogen) atoms. The van der Waals surface area contributed by atoms with Gasteiger partial charge in [0, 0.05) is 11.8 Å². The number of rotatable bonds is 19. The van der Waals surface area contributed by atoms with E-state index < -0.39 is 0 Å². The van der Waals surface area contributed by atoms with Gasteiger partial charge in [0.05, 0.1) is 5.69 Å². The number of carbonyl (C=O) groups excluding carboxylic acids is 1. The van der Waals surface area contributed by atoms with Crippen LogP contribution in [-0.4, -0.2) is 13.0 Å². The molecule has 0 N–H and O–H groups in total. The lowest BCUT2D eigenvalue weighted by Gasteiger charge is -2.15. The van der Waals surface area contributed by atoms with Crippen molar-refractivity contribution in [1.29, 1.82) is 0 Å². The zero-order chi connectivity index (χ0) is 42.6. The van der Waals surface area contributed by atoms with E-state index in [1.54, 1.807) is 0 Å². The van der Waals surface area contributed by atoms with Crippen LogP contribution in [0, 0.1) is 25.7 Å². The number of carbonyl (C=O) groups is 1. The molecule has 2 nitrogen and oxygen atoms in total. The molecule has 2 aromatic carbocycles. The molecule has 2 rings (SSSR count). The molecule has 0 saturated carbocycles. The van der Waals surface area contributed by atoms with Gasteiger partial charge in [-0.15, -0.1) is 0 Å². The summed E-state index contributed by atoms with van der Waals surface area (Å²) in [6.45, 7) is 44.8. The Morgan fingerprint density at radius 2 is 1.20 bits per heavy atom. The van der Waals surface area contributed by atoms with Crippen LogP contribution < -0.4 is 0 Å². The Bertz CT molecular complexity index is 1310. The molecule has 2 heteroatoms. The third-order valence-corrected chi connectivity index (χ3v) is 9.29. The molecule has 0 bridgehead atoms. The first kappa shape index (κ1) is 57.7. The van der Waals surface area contributed by atoms with Gasteiger partial charge in [-0.05, 0) is 149 Å². The Morgan fingerprint density at radius 1 is 0.685 bits per heavy atom. The summed E-state index contributed by atoms with van der Waals surface area (Å²) in [7, 11) is 0. The summed E-state index contributed by atoms with van der Waals surface area (Å²) in [5.41, 5.74) is 15.1. The Balaban J connectivity index is -0.00000115. The Morgan fingerprint density at radius 3 is 1.70 bits per heavy atom. The van der Waals surface area contributed by atoms with Gasteiger partial charge in [-0.25, -0.2) is 0 Å². The van der Waals surface area contributed by atoms with Crippen molar-refractivity contribution >= 4 is 30.3 Å². The summed E-state index contributed by atoms with van der Waals surface area (Å²) >= 11 is 0. The molecular formula is C52H91NO. The fourth-order valence-electron chi connectivity index (χ4n) is 6.25. The quantitative estimate of drug-likeness (QED) is 0.0800. The van der Waals surface area contributed by atoms with Gasteiger partial charge < -0.3 is 4.79 Å². The lowest BCUT2D eigenvalue weighted by atomic mass is 9.92. The predicted octanol–water partition coefficient (Wildman–Crippen LogP) is 17.5. The number of aryl methyl sites for hydroxylation is 5. The molecule has 0 radical (unpaired) electrons. The van der Waals surface area contributed by atoms with E-state index in [1.165, 1.54) is 108 Å². The topological polar surface area (TPSA) is 29.4 Å². The highest BCUT2D eigenvalue weighted by Gasteiger charge is 2.11. The normalized spacial score (nSPS) is 11.9. The third kappa shape index (κ3) is 25.1. The molecule has 2 unspecified atom stereocenters. The fraction of sp³-hybridized carbons (Fsp3) is 0.615. The molecule has 310 valence electrons. The van der Waals surface area contributed by atoms with E-state index in [2.05, 4.69) is 118 Å². The molecule has 2 aromatic rings. The van der Waals surface area contributed by atoms with Crippen LogP contribution in [0.4, 0.5) is 5.69 Å². The SMILES string of the molecule is C=C(C)c1cc(CCC)c(CCCCCCCc2cc(C)c(/C=C(/C)CC(C)CC)cc2C)cc1N=CC(C)C/C(C)=C\C.C=O.CC.CC.CC.CC. The van der Waals surface area contributed by atoms with Gasteiger partial charge in [0.15, 0.2) is 0 Å². The number of allylic oxidation sites excluding steroid dienone is 4. The molecule has 0 spiro atoms. The van der Waals surface area contributed by atoms with Crippen molar-refractivity contribution in [3.05, 3.63) is 87.0 Å². The first-order chi connectivity index (χ1) is 26.0. The maximum Gasteiger partial charge on any atom is 0.106 e. The van der Waals surface area contributed by atoms with Crippen LogP contribution in [0.1, 0.15) is 208 Å². The van der Waals surface area contributed by atoms with Gasteiger partial charge >= 0.3 is 0 Å². The zero-order valence-electron chi connectivity index (χ0n) is 39.5. The van der Waals surface area contributed by atoms with E-state index in [0.29, 0.717) is 5.92 Å². The smallest absolute Gasteiger partial charge is 0.106 e. The highest BCUT2D eigenvalue weighted by atomic mass is 16.1. The van der Waals surface area contributed by atoms with Crippen molar-refractivity contribution in [1.82, 2.24) is 0 Å². The molecule has 0 aromatic heterocycles. The molecule has 0 amide bonds. The number of hydrogen-bond donors (Lipinski definition) is 0. The van der Waals surface area contributed by atoms with Gasteiger partial charge in [0.25, 0.3) is 0 Å². The average molecular weight is 746 g/mol. The maximum atomic E-state index is 8.00. The van der Waals surface area contributed by atoms with Crippen LogP contribution in [0.3, 0.4) is 0 Å². The monoisotopic (exact) mass is 746 g/mol. The summed E-state index contributed by atoms with van der Waals surface area (Å²) < 4.78 is 0. The maximum absolute atomic E-state index is 8.00. The van der Waals surface area contributed by atoms with E-state index in [1.807, 2.05) is 62.2 Å². The number of aliphatic imine (C=N–C) groups is 1. The molecule has 2 atom stereocenters. The number of benzene rings is 2. The molecule has 0 aliphatic carbocycles. The minimum Gasteiger partial charge on any atom is -0.307 e. The minimum atomic E-state index is 0.425. The van der Waals surface area contributed by atoms with E-state index >= 15 is 0 Å². The van der Waals surface area contributed by atoms with Crippen LogP contribution in [0.5, 0.6) is 0 Å². The third-order valence-electron chi connectivity index (χ3n) is 9.29. The zero-order valence-corrected chi connectivity index (χ0v) is 39.5. The van der Waals surface area contributed by atoms with Crippen molar-refractivity contribution in [2.75, 3.05) is 0 Å². The standard InChI is InChI=1S/C43H65N.4C2H6.CH2O/c1-12-20-39-28-42(31(4)5)43(44-30-35(9)24-33(7)14-3)29-40(39)22-19-17-15-16-18-21-38-26-37(11)41(27-36(38)10)25-34(8)23-32(6)13-2;5*1-2/h14,25-30,32,35H,4,12-13,15-24H2,1-3,5-11H3;4*1-2H3;1H2/b33-14-,34-25-,44-30?;;;;;. The van der Waals surface area contributed by atoms with Crippen molar-refractivity contribution in [2.24, 2.45) is 16.8 Å². The van der Waals surface area contributed by atoms with E-state index in [-0.39, 0.29) is 0 Å². The van der Waals surface area contributed by atoms with Crippen LogP contribution >= 0.6 is 0 Å². The predicted molar refractivity (Wildman–Crippen MR) is 253 cm³/mol. The van der Waals surface area contributed by atoms with Gasteiger partial charge in [0.2, 0.25) is 0 Å². The molecule has 0 fully saturated rings. The highest BCUT2D eigenvalue weighted by molar-refractivity contribution is 5.77. The Labute approximate surface area is 339 Å². The number of hydrogen-bond acceptors (Lipinski definition) is 2. The van der Waals surface area contributed by atoms with Crippen molar-refractivity contribution in [3.63, 3.8) is 0 Å². The second kappa shape index (κ2) is 38.3. The van der Waals surface area contributed by atoms with Crippen molar-refractivity contribution in [3.8, 4) is 0 Å². The summed E-state index contributed by atoms with van der Waals surface area (Å²) in [5.74, 6) is 1.18. The first-order valence-electron chi connectivity index (χ1n) is 22.0. The Hall–Kier alpha value is -3.00. The Kier molecular flexibility index (Phi) is 40.9. The van der Waals surface area contributed by atoms with Crippen LogP contribution in [0.15, 0.2) is 53.1 Å². The minimum absolute atomic E-state index is 0.425. The second-order valence-electron chi connectivity index (χ2n) is 13.9. The van der Waals surface area contributed by atoms with Gasteiger partial charge in [0.1, 0.15) is 6.79 Å². The van der Waals surface area contributed by atoms with E-state index in [0.717, 1.165) is 36.4 Å². The number of nitrogens with zero attached hydrogens (tertiary/aromatic N) is 1. The number of unbranched alkanes of at least 4 members (excludes halogenated alkanes) is 4. The fourth-order valence-corrected chi connectivity index (χ4v) is 6.25. The molecule has 0 aliphatic heterocycles. The summed E-state index contributed by atoms with van der Waals surface area (Å²) in [6.07, 6.45) is 21.3. The lowest BCUT2D eigenvalue weighted by molar-refractivity contribution is -0.0980. The highest BCUT2D eigenvalue weighted by Crippen LogP contribution is 2.31. The summed E-state index contributed by atoms with van der Waals surface area (Å²) in [4.78, 5) is 13.0. The lowest BCUT2D eigenvalue weighted by Crippen LogP contribution is -1.99. The van der Waals surface area contributed by atoms with Crippen molar-refractivity contribution in [2.45, 2.75) is 202 Å². The summed E-state index contributed by atoms with van der Waals surface area (Å²) in [5, 5.41) is 0. The molecule has 0 heterocycles. The van der Waals surface area contributed by atoms with Gasteiger partial charge in [-0.1, -0.05) is 157 Å². The van der Waals surface area contributed by atoms with Gasteiger partial charge in [-0.2, -0.15) is 0 Å². The van der Waals surface area contributed by atoms with Gasteiger partial charge in [-0.3, -0.25) is 4.99 Å². The molecule has 0 saturated heterocycles. The second-order valence-corrected chi connectivity index (χ2v) is 13.9. The van der Waals surface area contributed by atoms with Crippen LogP contribution in [0.25, 0.3) is 11.6 Å².